The van der Waals surface area contributed by atoms with Crippen LogP contribution in [-0.4, -0.2) is 10.5 Å². The first-order chi connectivity index (χ1) is 9.16. The van der Waals surface area contributed by atoms with E-state index in [1.165, 1.54) is 28.7 Å². The Morgan fingerprint density at radius 2 is 1.84 bits per heavy atom. The minimum atomic E-state index is -0.252. The number of hydrogen-bond acceptors (Lipinski definition) is 2. The molecule has 3 heteroatoms. The van der Waals surface area contributed by atoms with E-state index in [0.717, 1.165) is 5.56 Å². The highest BCUT2D eigenvalue weighted by atomic mass is 16.5. The smallest absolute Gasteiger partial charge is 0.302 e. The molecule has 0 aliphatic heterocycles. The van der Waals surface area contributed by atoms with E-state index in [9.17, 15) is 4.79 Å². The van der Waals surface area contributed by atoms with Gasteiger partial charge >= 0.3 is 5.97 Å². The maximum atomic E-state index is 10.9. The van der Waals surface area contributed by atoms with Gasteiger partial charge < -0.3 is 9.30 Å². The molecule has 0 bridgehead atoms. The average Bonchev–Trinajstić information content (AvgIpc) is 2.71. The summed E-state index contributed by atoms with van der Waals surface area (Å²) >= 11 is 0. The minimum Gasteiger partial charge on any atom is -0.461 e. The van der Waals surface area contributed by atoms with Gasteiger partial charge in [-0.2, -0.15) is 0 Å². The molecule has 0 amide bonds. The summed E-state index contributed by atoms with van der Waals surface area (Å²) in [4.78, 5) is 10.9. The lowest BCUT2D eigenvalue weighted by atomic mass is 10.1. The number of esters is 1. The van der Waals surface area contributed by atoms with E-state index in [-0.39, 0.29) is 5.97 Å². The first kappa shape index (κ1) is 11.8. The molecule has 3 nitrogen and oxygen atoms in total. The van der Waals surface area contributed by atoms with E-state index < -0.39 is 0 Å². The number of aromatic nitrogens is 1. The zero-order valence-corrected chi connectivity index (χ0v) is 11.0. The molecule has 0 saturated heterocycles. The first-order valence-electron chi connectivity index (χ1n) is 6.26. The molecular formula is C16H15NO2. The highest BCUT2D eigenvalue weighted by Gasteiger charge is 2.08. The number of hydrogen-bond donors (Lipinski definition) is 0. The fourth-order valence-corrected chi connectivity index (χ4v) is 2.49. The van der Waals surface area contributed by atoms with E-state index in [4.69, 9.17) is 4.74 Å². The molecular weight excluding hydrogens is 238 g/mol. The summed E-state index contributed by atoms with van der Waals surface area (Å²) in [6.45, 7) is 1.75. The molecule has 0 fully saturated rings. The zero-order chi connectivity index (χ0) is 13.4. The number of carbonyl (C=O) groups is 1. The van der Waals surface area contributed by atoms with Gasteiger partial charge in [0.2, 0.25) is 0 Å². The molecule has 2 aromatic carbocycles. The van der Waals surface area contributed by atoms with Gasteiger partial charge in [-0.3, -0.25) is 4.79 Å². The Hall–Kier alpha value is -2.29. The number of benzene rings is 2. The van der Waals surface area contributed by atoms with Crippen LogP contribution in [0.5, 0.6) is 0 Å². The van der Waals surface area contributed by atoms with Crippen molar-refractivity contribution in [1.29, 1.82) is 0 Å². The molecule has 1 heterocycles. The van der Waals surface area contributed by atoms with Crippen LogP contribution in [0.25, 0.3) is 21.8 Å². The van der Waals surface area contributed by atoms with Gasteiger partial charge in [0.15, 0.2) is 0 Å². The number of fused-ring (bicyclic) bond motifs is 3. The van der Waals surface area contributed by atoms with Crippen LogP contribution in [-0.2, 0) is 23.2 Å². The summed E-state index contributed by atoms with van der Waals surface area (Å²) in [6, 6.07) is 14.5. The molecule has 0 aliphatic carbocycles. The van der Waals surface area contributed by atoms with Crippen LogP contribution in [0.1, 0.15) is 12.5 Å². The van der Waals surface area contributed by atoms with Crippen molar-refractivity contribution in [1.82, 2.24) is 4.57 Å². The van der Waals surface area contributed by atoms with Crippen LogP contribution < -0.4 is 0 Å². The molecule has 0 aliphatic rings. The summed E-state index contributed by atoms with van der Waals surface area (Å²) in [5.74, 6) is -0.252. The Labute approximate surface area is 111 Å². The van der Waals surface area contributed by atoms with Gasteiger partial charge in [-0.1, -0.05) is 24.3 Å². The molecule has 0 spiro atoms. The van der Waals surface area contributed by atoms with Crippen LogP contribution >= 0.6 is 0 Å². The van der Waals surface area contributed by atoms with Gasteiger partial charge in [-0.15, -0.1) is 0 Å². The monoisotopic (exact) mass is 253 g/mol. The maximum Gasteiger partial charge on any atom is 0.302 e. The van der Waals surface area contributed by atoms with E-state index in [0.29, 0.717) is 6.61 Å². The van der Waals surface area contributed by atoms with Crippen molar-refractivity contribution in [3.8, 4) is 0 Å². The molecule has 0 unspecified atom stereocenters. The molecule has 19 heavy (non-hydrogen) atoms. The van der Waals surface area contributed by atoms with Crippen molar-refractivity contribution < 1.29 is 9.53 Å². The van der Waals surface area contributed by atoms with Crippen molar-refractivity contribution in [2.24, 2.45) is 7.05 Å². The van der Waals surface area contributed by atoms with Crippen molar-refractivity contribution in [2.75, 3.05) is 0 Å². The van der Waals surface area contributed by atoms with Crippen molar-refractivity contribution >= 4 is 27.8 Å². The van der Waals surface area contributed by atoms with Crippen LogP contribution in [0.15, 0.2) is 42.5 Å². The third kappa shape index (κ3) is 1.97. The van der Waals surface area contributed by atoms with E-state index in [1.54, 1.807) is 0 Å². The lowest BCUT2D eigenvalue weighted by molar-refractivity contribution is -0.142. The Balaban J connectivity index is 2.16. The molecule has 3 rings (SSSR count). The maximum absolute atomic E-state index is 10.9. The van der Waals surface area contributed by atoms with Crippen LogP contribution in [0, 0.1) is 0 Å². The van der Waals surface area contributed by atoms with Gasteiger partial charge in [0, 0.05) is 35.8 Å². The van der Waals surface area contributed by atoms with E-state index in [2.05, 4.69) is 35.9 Å². The Morgan fingerprint density at radius 3 is 2.63 bits per heavy atom. The van der Waals surface area contributed by atoms with Crippen molar-refractivity contribution in [3.05, 3.63) is 48.0 Å². The third-order valence-corrected chi connectivity index (χ3v) is 3.42. The standard InChI is InChI=1S/C16H15NO2/c1-11(18)19-10-12-7-8-16-14(9-12)13-5-3-4-6-15(13)17(16)2/h3-9H,10H2,1-2H3. The van der Waals surface area contributed by atoms with Gasteiger partial charge in [0.05, 0.1) is 0 Å². The summed E-state index contributed by atoms with van der Waals surface area (Å²) < 4.78 is 7.23. The number of rotatable bonds is 2. The molecule has 1 aromatic heterocycles. The molecule has 0 radical (unpaired) electrons. The number of ether oxygens (including phenoxy) is 1. The second-order valence-corrected chi connectivity index (χ2v) is 4.71. The highest BCUT2D eigenvalue weighted by Crippen LogP contribution is 2.28. The van der Waals surface area contributed by atoms with Gasteiger partial charge in [-0.05, 0) is 23.8 Å². The summed E-state index contributed by atoms with van der Waals surface area (Å²) in [5.41, 5.74) is 3.41. The van der Waals surface area contributed by atoms with E-state index >= 15 is 0 Å². The number of aryl methyl sites for hydroxylation is 1. The van der Waals surface area contributed by atoms with Gasteiger partial charge in [-0.25, -0.2) is 0 Å². The summed E-state index contributed by atoms with van der Waals surface area (Å²) in [7, 11) is 2.07. The zero-order valence-electron chi connectivity index (χ0n) is 11.0. The largest absolute Gasteiger partial charge is 0.461 e. The molecule has 0 saturated carbocycles. The van der Waals surface area contributed by atoms with Gasteiger partial charge in [0.1, 0.15) is 6.61 Å². The van der Waals surface area contributed by atoms with E-state index in [1.807, 2.05) is 18.2 Å². The molecule has 0 atom stereocenters. The Bertz CT molecular complexity index is 771. The SMILES string of the molecule is CC(=O)OCc1ccc2c(c1)c1ccccc1n2C. The highest BCUT2D eigenvalue weighted by molar-refractivity contribution is 6.08. The fourth-order valence-electron chi connectivity index (χ4n) is 2.49. The quantitative estimate of drug-likeness (QED) is 0.655. The predicted octanol–water partition coefficient (Wildman–Crippen LogP) is 3.39. The Kier molecular flexibility index (Phi) is 2.75. The average molecular weight is 253 g/mol. The normalized spacial score (nSPS) is 11.1. The van der Waals surface area contributed by atoms with Gasteiger partial charge in [0.25, 0.3) is 0 Å². The number of para-hydroxylation sites is 1. The number of carbonyl (C=O) groups excluding carboxylic acids is 1. The number of nitrogens with zero attached hydrogens (tertiary/aromatic N) is 1. The molecule has 96 valence electrons. The van der Waals surface area contributed by atoms with Crippen LogP contribution in [0.2, 0.25) is 0 Å². The fraction of sp³-hybridized carbons (Fsp3) is 0.188. The van der Waals surface area contributed by atoms with Crippen molar-refractivity contribution in [3.63, 3.8) is 0 Å². The lowest BCUT2D eigenvalue weighted by Gasteiger charge is -2.03. The predicted molar refractivity (Wildman–Crippen MR) is 75.9 cm³/mol. The molecule has 0 N–H and O–H groups in total. The third-order valence-electron chi connectivity index (χ3n) is 3.42. The van der Waals surface area contributed by atoms with Crippen molar-refractivity contribution in [2.45, 2.75) is 13.5 Å². The van der Waals surface area contributed by atoms with Crippen LogP contribution in [0.4, 0.5) is 0 Å². The summed E-state index contributed by atoms with van der Waals surface area (Å²) in [6.07, 6.45) is 0. The summed E-state index contributed by atoms with van der Waals surface area (Å²) in [5, 5.41) is 2.42. The van der Waals surface area contributed by atoms with Crippen LogP contribution in [0.3, 0.4) is 0 Å². The Morgan fingerprint density at radius 1 is 1.11 bits per heavy atom. The topological polar surface area (TPSA) is 31.2 Å². The first-order valence-corrected chi connectivity index (χ1v) is 6.26. The second kappa shape index (κ2) is 4.43. The minimum absolute atomic E-state index is 0.252. The molecule has 3 aromatic rings. The lowest BCUT2D eigenvalue weighted by Crippen LogP contribution is -1.98. The second-order valence-electron chi connectivity index (χ2n) is 4.71.